The van der Waals surface area contributed by atoms with Gasteiger partial charge in [-0.1, -0.05) is 12.1 Å². The van der Waals surface area contributed by atoms with Crippen LogP contribution >= 0.6 is 0 Å². The van der Waals surface area contributed by atoms with Crippen LogP contribution in [0.1, 0.15) is 35.8 Å². The average Bonchev–Trinajstić information content (AvgIpc) is 2.67. The Labute approximate surface area is 159 Å². The van der Waals surface area contributed by atoms with Crippen molar-refractivity contribution in [1.82, 2.24) is 4.90 Å². The minimum absolute atomic E-state index is 0.0316. The van der Waals surface area contributed by atoms with E-state index in [-0.39, 0.29) is 24.4 Å². The molecular formula is C21H26FNO4. The van der Waals surface area contributed by atoms with Crippen molar-refractivity contribution in [3.05, 3.63) is 65.5 Å². The van der Waals surface area contributed by atoms with E-state index in [0.29, 0.717) is 24.5 Å². The summed E-state index contributed by atoms with van der Waals surface area (Å²) in [5, 5.41) is 10.2. The summed E-state index contributed by atoms with van der Waals surface area (Å²) in [7, 11) is 1.89. The first-order valence-corrected chi connectivity index (χ1v) is 8.94. The first-order valence-electron chi connectivity index (χ1n) is 8.94. The molecule has 0 fully saturated rings. The van der Waals surface area contributed by atoms with Crippen LogP contribution in [0.2, 0.25) is 0 Å². The number of hydrogen-bond acceptors (Lipinski definition) is 5. The van der Waals surface area contributed by atoms with Crippen LogP contribution in [0.25, 0.3) is 0 Å². The lowest BCUT2D eigenvalue weighted by Gasteiger charge is -2.27. The number of carbonyl (C=O) groups excluding carboxylic acids is 1. The molecule has 2 aromatic rings. The molecule has 146 valence electrons. The van der Waals surface area contributed by atoms with Gasteiger partial charge in [0.2, 0.25) is 0 Å². The molecule has 1 N–H and O–H groups in total. The van der Waals surface area contributed by atoms with Gasteiger partial charge in [0.1, 0.15) is 24.3 Å². The van der Waals surface area contributed by atoms with Gasteiger partial charge in [-0.3, -0.25) is 4.90 Å². The van der Waals surface area contributed by atoms with Crippen LogP contribution in [0.15, 0.2) is 48.5 Å². The van der Waals surface area contributed by atoms with Crippen molar-refractivity contribution < 1.29 is 23.8 Å². The third-order valence-electron chi connectivity index (χ3n) is 4.32. The Morgan fingerprint density at radius 1 is 1.15 bits per heavy atom. The number of halogens is 1. The monoisotopic (exact) mass is 375 g/mol. The molecule has 0 bridgehead atoms. The molecule has 0 unspecified atom stereocenters. The van der Waals surface area contributed by atoms with Crippen LogP contribution in [-0.2, 0) is 4.74 Å². The summed E-state index contributed by atoms with van der Waals surface area (Å²) >= 11 is 0. The Bertz CT molecular complexity index is 718. The Morgan fingerprint density at radius 2 is 1.78 bits per heavy atom. The summed E-state index contributed by atoms with van der Waals surface area (Å²) in [6, 6.07) is 13.0. The molecule has 0 aliphatic carbocycles. The van der Waals surface area contributed by atoms with E-state index in [4.69, 9.17) is 9.47 Å². The summed E-state index contributed by atoms with van der Waals surface area (Å²) in [6.07, 6.45) is -0.692. The number of ether oxygens (including phenoxy) is 2. The summed E-state index contributed by atoms with van der Waals surface area (Å²) in [5.74, 6) is -0.0761. The molecule has 2 aromatic carbocycles. The summed E-state index contributed by atoms with van der Waals surface area (Å²) in [5.41, 5.74) is 1.43. The predicted molar refractivity (Wildman–Crippen MR) is 101 cm³/mol. The zero-order valence-electron chi connectivity index (χ0n) is 15.9. The number of carbonyl (C=O) groups is 1. The van der Waals surface area contributed by atoms with Crippen LogP contribution in [0, 0.1) is 5.82 Å². The second-order valence-electron chi connectivity index (χ2n) is 6.38. The van der Waals surface area contributed by atoms with Crippen molar-refractivity contribution in [1.29, 1.82) is 0 Å². The molecule has 27 heavy (non-hydrogen) atoms. The second kappa shape index (κ2) is 10.0. The van der Waals surface area contributed by atoms with Gasteiger partial charge in [-0.05, 0) is 62.9 Å². The Kier molecular flexibility index (Phi) is 7.76. The zero-order valence-corrected chi connectivity index (χ0v) is 15.9. The highest BCUT2D eigenvalue weighted by Gasteiger charge is 2.16. The maximum atomic E-state index is 13.0. The zero-order chi connectivity index (χ0) is 19.8. The van der Waals surface area contributed by atoms with Gasteiger partial charge < -0.3 is 14.6 Å². The largest absolute Gasteiger partial charge is 0.491 e. The molecule has 6 heteroatoms. The molecule has 0 saturated carbocycles. The maximum Gasteiger partial charge on any atom is 0.338 e. The molecule has 0 aliphatic heterocycles. The molecule has 5 nitrogen and oxygen atoms in total. The number of rotatable bonds is 9. The summed E-state index contributed by atoms with van der Waals surface area (Å²) in [4.78, 5) is 13.6. The van der Waals surface area contributed by atoms with E-state index in [1.807, 2.05) is 18.9 Å². The molecule has 2 rings (SSSR count). The van der Waals surface area contributed by atoms with E-state index in [1.54, 1.807) is 43.3 Å². The lowest BCUT2D eigenvalue weighted by Crippen LogP contribution is -2.34. The number of aliphatic hydroxyl groups excluding tert-OH is 1. The SMILES string of the molecule is CCOC(=O)c1ccc(OC[C@@H](O)CN(C)[C@H](C)c2ccc(F)cc2)cc1. The number of nitrogens with zero attached hydrogens (tertiary/aromatic N) is 1. The van der Waals surface area contributed by atoms with Crippen molar-refractivity contribution in [2.24, 2.45) is 0 Å². The Morgan fingerprint density at radius 3 is 2.37 bits per heavy atom. The second-order valence-corrected chi connectivity index (χ2v) is 6.38. The minimum Gasteiger partial charge on any atom is -0.491 e. The highest BCUT2D eigenvalue weighted by atomic mass is 19.1. The molecule has 0 heterocycles. The van der Waals surface area contributed by atoms with Gasteiger partial charge in [0, 0.05) is 12.6 Å². The molecule has 0 radical (unpaired) electrons. The predicted octanol–water partition coefficient (Wildman–Crippen LogP) is 3.44. The minimum atomic E-state index is -0.692. The number of aliphatic hydroxyl groups is 1. The van der Waals surface area contributed by atoms with Gasteiger partial charge in [-0.2, -0.15) is 0 Å². The lowest BCUT2D eigenvalue weighted by molar-refractivity contribution is 0.0525. The van der Waals surface area contributed by atoms with Crippen LogP contribution in [-0.4, -0.2) is 48.9 Å². The number of hydrogen-bond donors (Lipinski definition) is 1. The van der Waals surface area contributed by atoms with Crippen molar-refractivity contribution in [2.75, 3.05) is 26.8 Å². The number of esters is 1. The van der Waals surface area contributed by atoms with E-state index < -0.39 is 6.10 Å². The normalized spacial score (nSPS) is 13.3. The topological polar surface area (TPSA) is 59.0 Å². The van der Waals surface area contributed by atoms with Crippen molar-refractivity contribution >= 4 is 5.97 Å². The highest BCUT2D eigenvalue weighted by Crippen LogP contribution is 2.19. The van der Waals surface area contributed by atoms with E-state index in [2.05, 4.69) is 0 Å². The third-order valence-corrected chi connectivity index (χ3v) is 4.32. The lowest BCUT2D eigenvalue weighted by atomic mass is 10.1. The third kappa shape index (κ3) is 6.34. The first kappa shape index (κ1) is 20.9. The van der Waals surface area contributed by atoms with Crippen molar-refractivity contribution in [3.63, 3.8) is 0 Å². The molecule has 0 saturated heterocycles. The van der Waals surface area contributed by atoms with Gasteiger partial charge in [0.05, 0.1) is 12.2 Å². The first-order chi connectivity index (χ1) is 12.9. The molecule has 2 atom stereocenters. The van der Waals surface area contributed by atoms with E-state index in [0.717, 1.165) is 5.56 Å². The summed E-state index contributed by atoms with van der Waals surface area (Å²) < 4.78 is 23.5. The van der Waals surface area contributed by atoms with Gasteiger partial charge in [-0.25, -0.2) is 9.18 Å². The van der Waals surface area contributed by atoms with Crippen molar-refractivity contribution in [2.45, 2.75) is 26.0 Å². The standard InChI is InChI=1S/C21H26FNO4/c1-4-26-21(25)17-7-11-20(12-8-17)27-14-19(24)13-23(3)15(2)16-5-9-18(22)10-6-16/h5-12,15,19,24H,4,13-14H2,1-3H3/t15-,19+/m1/s1. The molecular weight excluding hydrogens is 349 g/mol. The van der Waals surface area contributed by atoms with Gasteiger partial charge in [-0.15, -0.1) is 0 Å². The maximum absolute atomic E-state index is 13.0. The Hall–Kier alpha value is -2.44. The molecule has 0 aromatic heterocycles. The van der Waals surface area contributed by atoms with Gasteiger partial charge in [0.25, 0.3) is 0 Å². The quantitative estimate of drug-likeness (QED) is 0.681. The fraction of sp³-hybridized carbons (Fsp3) is 0.381. The van der Waals surface area contributed by atoms with Crippen LogP contribution in [0.3, 0.4) is 0 Å². The van der Waals surface area contributed by atoms with E-state index in [1.165, 1.54) is 12.1 Å². The fourth-order valence-corrected chi connectivity index (χ4v) is 2.63. The average molecular weight is 375 g/mol. The highest BCUT2D eigenvalue weighted by molar-refractivity contribution is 5.89. The van der Waals surface area contributed by atoms with E-state index >= 15 is 0 Å². The molecule has 0 aliphatic rings. The van der Waals surface area contributed by atoms with Crippen LogP contribution in [0.4, 0.5) is 4.39 Å². The summed E-state index contributed by atoms with van der Waals surface area (Å²) in [6.45, 7) is 4.60. The van der Waals surface area contributed by atoms with Crippen LogP contribution < -0.4 is 4.74 Å². The van der Waals surface area contributed by atoms with Crippen molar-refractivity contribution in [3.8, 4) is 5.75 Å². The van der Waals surface area contributed by atoms with Gasteiger partial charge >= 0.3 is 5.97 Å². The molecule has 0 amide bonds. The fourth-order valence-electron chi connectivity index (χ4n) is 2.63. The number of benzene rings is 2. The van der Waals surface area contributed by atoms with E-state index in [9.17, 15) is 14.3 Å². The smallest absolute Gasteiger partial charge is 0.338 e. The molecule has 0 spiro atoms. The van der Waals surface area contributed by atoms with Crippen LogP contribution in [0.5, 0.6) is 5.75 Å². The van der Waals surface area contributed by atoms with Gasteiger partial charge in [0.15, 0.2) is 0 Å². The number of likely N-dealkylation sites (N-methyl/N-ethyl adjacent to an activating group) is 1. The Balaban J connectivity index is 1.82.